The molecule has 0 bridgehead atoms. The molecule has 0 saturated carbocycles. The third-order valence-electron chi connectivity index (χ3n) is 3.20. The van der Waals surface area contributed by atoms with Crippen LogP contribution in [0.5, 0.6) is 0 Å². The van der Waals surface area contributed by atoms with Crippen molar-refractivity contribution >= 4 is 24.5 Å². The molecule has 2 saturated heterocycles. The first-order valence-corrected chi connectivity index (χ1v) is 7.56. The van der Waals surface area contributed by atoms with Gasteiger partial charge in [0.15, 0.2) is 7.58 Å². The Kier molecular flexibility index (Phi) is 2.59. The van der Waals surface area contributed by atoms with E-state index in [2.05, 4.69) is 39.7 Å². The summed E-state index contributed by atoms with van der Waals surface area (Å²) in [4.78, 5) is 0. The van der Waals surface area contributed by atoms with Crippen LogP contribution < -0.4 is 4.67 Å². The van der Waals surface area contributed by atoms with Crippen LogP contribution in [0.15, 0.2) is 30.3 Å². The molecule has 2 nitrogen and oxygen atoms in total. The number of anilines is 1. The Balaban J connectivity index is 1.85. The molecule has 2 unspecified atom stereocenters. The second kappa shape index (κ2) is 3.93. The van der Waals surface area contributed by atoms with Gasteiger partial charge in [-0.1, -0.05) is 29.4 Å². The van der Waals surface area contributed by atoms with Gasteiger partial charge in [0.1, 0.15) is 0 Å². The highest BCUT2D eigenvalue weighted by molar-refractivity contribution is 7.83. The van der Waals surface area contributed by atoms with Crippen LogP contribution in [0.25, 0.3) is 0 Å². The smallest absolute Gasteiger partial charge is 0.168 e. The van der Waals surface area contributed by atoms with Gasteiger partial charge >= 0.3 is 0 Å². The van der Waals surface area contributed by atoms with Gasteiger partial charge in [-0.15, -0.1) is 0 Å². The standard InChI is InChI=1S/C11H14ClN2P/c12-15-13-8-4-7-11(13)9-14(15)10-5-2-1-3-6-10/h1-3,5-6,11H,4,7-9H2. The van der Waals surface area contributed by atoms with E-state index in [-0.39, 0.29) is 0 Å². The SMILES string of the molecule is ClP1N(c2ccccc2)CC2CCCN21. The molecule has 80 valence electrons. The van der Waals surface area contributed by atoms with Gasteiger partial charge in [0.2, 0.25) is 0 Å². The number of hydrogen-bond acceptors (Lipinski definition) is 2. The van der Waals surface area contributed by atoms with E-state index < -0.39 is 7.58 Å². The first-order valence-electron chi connectivity index (χ1n) is 5.41. The van der Waals surface area contributed by atoms with E-state index in [4.69, 9.17) is 11.2 Å². The zero-order valence-corrected chi connectivity index (χ0v) is 10.2. The molecular weight excluding hydrogens is 227 g/mol. The average Bonchev–Trinajstić information content (AvgIpc) is 2.83. The van der Waals surface area contributed by atoms with E-state index in [1.54, 1.807) is 0 Å². The van der Waals surface area contributed by atoms with Crippen LogP contribution in [0.1, 0.15) is 12.8 Å². The summed E-state index contributed by atoms with van der Waals surface area (Å²) in [5.74, 6) is 0. The zero-order valence-electron chi connectivity index (χ0n) is 8.51. The van der Waals surface area contributed by atoms with Gasteiger partial charge in [0.25, 0.3) is 0 Å². The topological polar surface area (TPSA) is 6.48 Å². The molecule has 1 aromatic carbocycles. The largest absolute Gasteiger partial charge is 0.324 e. The van der Waals surface area contributed by atoms with Gasteiger partial charge in [0, 0.05) is 24.8 Å². The van der Waals surface area contributed by atoms with Crippen molar-refractivity contribution in [2.24, 2.45) is 0 Å². The van der Waals surface area contributed by atoms with Crippen molar-refractivity contribution in [1.29, 1.82) is 0 Å². The van der Waals surface area contributed by atoms with Crippen LogP contribution in [0.3, 0.4) is 0 Å². The molecule has 0 amide bonds. The van der Waals surface area contributed by atoms with E-state index in [1.165, 1.54) is 25.1 Å². The number of hydrogen-bond donors (Lipinski definition) is 0. The second-order valence-electron chi connectivity index (χ2n) is 4.12. The van der Waals surface area contributed by atoms with E-state index in [9.17, 15) is 0 Å². The van der Waals surface area contributed by atoms with Crippen LogP contribution in [0.4, 0.5) is 5.69 Å². The highest BCUT2D eigenvalue weighted by Gasteiger charge is 2.41. The third-order valence-corrected chi connectivity index (χ3v) is 6.07. The van der Waals surface area contributed by atoms with Crippen LogP contribution in [0.2, 0.25) is 0 Å². The predicted octanol–water partition coefficient (Wildman–Crippen LogP) is 3.44. The second-order valence-corrected chi connectivity index (χ2v) is 6.50. The lowest BCUT2D eigenvalue weighted by atomic mass is 10.2. The fourth-order valence-corrected chi connectivity index (χ4v) is 5.16. The summed E-state index contributed by atoms with van der Waals surface area (Å²) >= 11 is 6.53. The highest BCUT2D eigenvalue weighted by Crippen LogP contribution is 2.59. The maximum Gasteiger partial charge on any atom is 0.168 e. The zero-order chi connectivity index (χ0) is 10.3. The van der Waals surface area contributed by atoms with Crippen LogP contribution >= 0.6 is 18.8 Å². The molecule has 1 aromatic rings. The quantitative estimate of drug-likeness (QED) is 0.694. The van der Waals surface area contributed by atoms with Crippen LogP contribution in [-0.2, 0) is 0 Å². The number of benzene rings is 1. The first kappa shape index (κ1) is 9.89. The average molecular weight is 241 g/mol. The van der Waals surface area contributed by atoms with Gasteiger partial charge in [-0.2, -0.15) is 0 Å². The fraction of sp³-hybridized carbons (Fsp3) is 0.455. The van der Waals surface area contributed by atoms with Crippen molar-refractivity contribution < 1.29 is 0 Å². The molecule has 0 aromatic heterocycles. The minimum atomic E-state index is -0.606. The van der Waals surface area contributed by atoms with Crippen molar-refractivity contribution in [3.8, 4) is 0 Å². The summed E-state index contributed by atoms with van der Waals surface area (Å²) < 4.78 is 4.84. The summed E-state index contributed by atoms with van der Waals surface area (Å²) in [6.45, 7) is 2.29. The number of fused-ring (bicyclic) bond motifs is 1. The van der Waals surface area contributed by atoms with E-state index in [0.717, 1.165) is 6.54 Å². The van der Waals surface area contributed by atoms with Gasteiger partial charge in [0.05, 0.1) is 0 Å². The Morgan fingerprint density at radius 2 is 2.07 bits per heavy atom. The minimum Gasteiger partial charge on any atom is -0.324 e. The summed E-state index contributed by atoms with van der Waals surface area (Å²) in [5.41, 5.74) is 1.27. The van der Waals surface area contributed by atoms with Crippen molar-refractivity contribution in [2.45, 2.75) is 18.9 Å². The molecule has 2 heterocycles. The molecule has 0 radical (unpaired) electrons. The Morgan fingerprint density at radius 1 is 1.27 bits per heavy atom. The Morgan fingerprint density at radius 3 is 2.80 bits per heavy atom. The number of nitrogens with zero attached hydrogens (tertiary/aromatic N) is 2. The molecular formula is C11H14ClN2P. The lowest BCUT2D eigenvalue weighted by Gasteiger charge is -2.24. The molecule has 0 N–H and O–H groups in total. The maximum atomic E-state index is 6.53. The minimum absolute atomic E-state index is 0.606. The maximum absolute atomic E-state index is 6.53. The molecule has 0 aliphatic carbocycles. The molecule has 2 aliphatic rings. The molecule has 2 atom stereocenters. The van der Waals surface area contributed by atoms with Crippen LogP contribution in [-0.4, -0.2) is 23.8 Å². The molecule has 3 rings (SSSR count). The summed E-state index contributed by atoms with van der Waals surface area (Å²) in [6.07, 6.45) is 2.63. The van der Waals surface area contributed by atoms with E-state index in [0.29, 0.717) is 6.04 Å². The van der Waals surface area contributed by atoms with Gasteiger partial charge < -0.3 is 4.67 Å². The normalized spacial score (nSPS) is 30.9. The van der Waals surface area contributed by atoms with Gasteiger partial charge in [-0.3, -0.25) is 0 Å². The molecule has 15 heavy (non-hydrogen) atoms. The number of para-hydroxylation sites is 1. The first-order chi connectivity index (χ1) is 7.36. The number of halogens is 1. The fourth-order valence-electron chi connectivity index (χ4n) is 2.43. The monoisotopic (exact) mass is 240 g/mol. The van der Waals surface area contributed by atoms with Crippen molar-refractivity contribution in [3.63, 3.8) is 0 Å². The molecule has 2 fully saturated rings. The summed E-state index contributed by atoms with van der Waals surface area (Å²) in [7, 11) is -0.606. The number of rotatable bonds is 1. The van der Waals surface area contributed by atoms with Gasteiger partial charge in [-0.05, 0) is 25.0 Å². The highest BCUT2D eigenvalue weighted by atomic mass is 35.7. The van der Waals surface area contributed by atoms with Crippen molar-refractivity contribution in [1.82, 2.24) is 4.67 Å². The predicted molar refractivity (Wildman–Crippen MR) is 66.3 cm³/mol. The molecule has 0 spiro atoms. The van der Waals surface area contributed by atoms with Crippen molar-refractivity contribution in [3.05, 3.63) is 30.3 Å². The Hall–Kier alpha value is -0.300. The third kappa shape index (κ3) is 1.65. The Bertz CT molecular complexity index is 346. The summed E-state index contributed by atoms with van der Waals surface area (Å²) in [5, 5.41) is 0. The lowest BCUT2D eigenvalue weighted by molar-refractivity contribution is 0.469. The van der Waals surface area contributed by atoms with Crippen molar-refractivity contribution in [2.75, 3.05) is 17.8 Å². The van der Waals surface area contributed by atoms with Gasteiger partial charge in [-0.25, -0.2) is 4.67 Å². The molecule has 4 heteroatoms. The van der Waals surface area contributed by atoms with Crippen LogP contribution in [0, 0.1) is 0 Å². The Labute approximate surface area is 96.5 Å². The summed E-state index contributed by atoms with van der Waals surface area (Å²) in [6, 6.07) is 11.2. The lowest BCUT2D eigenvalue weighted by Crippen LogP contribution is -2.20. The van der Waals surface area contributed by atoms with E-state index in [1.807, 2.05) is 0 Å². The van der Waals surface area contributed by atoms with E-state index >= 15 is 0 Å². The molecule has 2 aliphatic heterocycles.